The average Bonchev–Trinajstić information content (AvgIpc) is 3.89. The van der Waals surface area contributed by atoms with Gasteiger partial charge in [-0.25, -0.2) is 15.0 Å². The Labute approximate surface area is 435 Å². The van der Waals surface area contributed by atoms with Gasteiger partial charge in [0.1, 0.15) is 0 Å². The molecule has 0 saturated heterocycles. The van der Waals surface area contributed by atoms with Crippen LogP contribution in [-0.2, 0) is 10.8 Å². The van der Waals surface area contributed by atoms with Crippen LogP contribution in [0.4, 0.5) is 0 Å². The molecule has 0 amide bonds. The number of hydrogen-bond acceptors (Lipinski definition) is 3. The number of rotatable bonds is 4. The largest absolute Gasteiger partial charge is 0.208 e. The summed E-state index contributed by atoms with van der Waals surface area (Å²) >= 11 is 0. The van der Waals surface area contributed by atoms with E-state index in [0.29, 0.717) is 29.3 Å². The smallest absolute Gasteiger partial charge is 0.164 e. The van der Waals surface area contributed by atoms with Crippen LogP contribution in [0.15, 0.2) is 188 Å². The molecule has 0 radical (unpaired) electrons. The number of nitrogens with zero attached hydrogens (tertiary/aromatic N) is 3. The van der Waals surface area contributed by atoms with E-state index in [9.17, 15) is 0 Å². The number of benzene rings is 12. The lowest BCUT2D eigenvalue weighted by Gasteiger charge is -2.61. The van der Waals surface area contributed by atoms with Gasteiger partial charge in [0.05, 0.1) is 0 Å². The zero-order chi connectivity index (χ0) is 49.1. The van der Waals surface area contributed by atoms with Gasteiger partial charge in [-0.15, -0.1) is 0 Å². The van der Waals surface area contributed by atoms with Gasteiger partial charge in [-0.2, -0.15) is 0 Å². The molecule has 0 unspecified atom stereocenters. The first-order valence-corrected chi connectivity index (χ1v) is 27.5. The molecule has 0 aliphatic heterocycles. The summed E-state index contributed by atoms with van der Waals surface area (Å²) in [5.41, 5.74) is 16.7. The quantitative estimate of drug-likeness (QED) is 0.165. The standard InChI is InChI=1S/C72H51N3/c1-71(2)60-15-5-3-13-50(60)57-36-47(25-30-61(57)71)56-38-63-58(51-14-4-6-16-62(51)72(63)48-32-39-31-40(34-48)35-49(72)33-39)37-59(56)70-74-68(54-28-23-45-19-17-41-9-7-11-43-21-26-52(54)66(45)64(41)43)73-69(75-70)55-29-24-46-20-18-42-10-8-12-44-22-27-53(55)67(46)65(42)44/h3-30,36-40,48-49H,31-35H2,1-2H3. The van der Waals surface area contributed by atoms with Crippen LogP contribution in [-0.4, -0.2) is 15.0 Å². The van der Waals surface area contributed by atoms with Gasteiger partial charge in [-0.1, -0.05) is 172 Å². The van der Waals surface area contributed by atoms with Crippen LogP contribution >= 0.6 is 0 Å². The predicted molar refractivity (Wildman–Crippen MR) is 310 cm³/mol. The average molecular weight is 958 g/mol. The fraction of sp³-hybridized carbons (Fsp3) is 0.181. The Morgan fingerprint density at radius 3 is 1.35 bits per heavy atom. The third kappa shape index (κ3) is 5.29. The molecule has 3 nitrogen and oxygen atoms in total. The van der Waals surface area contributed by atoms with Gasteiger partial charge in [-0.3, -0.25) is 0 Å². The van der Waals surface area contributed by atoms with Crippen molar-refractivity contribution < 1.29 is 0 Å². The fourth-order valence-corrected chi connectivity index (χ4v) is 17.1. The van der Waals surface area contributed by atoms with Gasteiger partial charge in [0.25, 0.3) is 0 Å². The van der Waals surface area contributed by atoms with E-state index in [1.165, 1.54) is 136 Å². The van der Waals surface area contributed by atoms with Crippen molar-refractivity contribution >= 4 is 64.6 Å². The Hall–Kier alpha value is -8.27. The molecule has 6 aliphatic carbocycles. The zero-order valence-electron chi connectivity index (χ0n) is 42.1. The van der Waals surface area contributed by atoms with E-state index >= 15 is 0 Å². The van der Waals surface area contributed by atoms with Crippen LogP contribution in [0.3, 0.4) is 0 Å². The van der Waals surface area contributed by atoms with Gasteiger partial charge in [0, 0.05) is 27.5 Å². The molecule has 4 bridgehead atoms. The lowest BCUT2D eigenvalue weighted by Crippen LogP contribution is -2.55. The number of aromatic nitrogens is 3. The Balaban J connectivity index is 0.950. The van der Waals surface area contributed by atoms with Crippen LogP contribution in [0.1, 0.15) is 68.2 Å². The maximum Gasteiger partial charge on any atom is 0.164 e. The van der Waals surface area contributed by atoms with Crippen LogP contribution < -0.4 is 0 Å². The summed E-state index contributed by atoms with van der Waals surface area (Å²) in [6.07, 6.45) is 6.77. The molecule has 6 aliphatic rings. The normalized spacial score (nSPS) is 21.6. The highest BCUT2D eigenvalue weighted by atomic mass is 15.0. The molecular weight excluding hydrogens is 907 g/mol. The lowest BCUT2D eigenvalue weighted by molar-refractivity contribution is -0.0399. The van der Waals surface area contributed by atoms with E-state index in [1.807, 2.05) is 0 Å². The lowest BCUT2D eigenvalue weighted by atomic mass is 9.43. The molecule has 75 heavy (non-hydrogen) atoms. The Bertz CT molecular complexity index is 4430. The zero-order valence-corrected chi connectivity index (χ0v) is 42.1. The molecular formula is C72H51N3. The van der Waals surface area contributed by atoms with Crippen LogP contribution in [0.2, 0.25) is 0 Å². The second kappa shape index (κ2) is 14.3. The topological polar surface area (TPSA) is 38.7 Å². The van der Waals surface area contributed by atoms with Gasteiger partial charge < -0.3 is 0 Å². The van der Waals surface area contributed by atoms with Crippen molar-refractivity contribution in [1.29, 1.82) is 0 Å². The van der Waals surface area contributed by atoms with Crippen LogP contribution in [0.5, 0.6) is 0 Å². The molecule has 1 aromatic heterocycles. The third-order valence-corrected chi connectivity index (χ3v) is 20.0. The minimum atomic E-state index is -0.101. The molecule has 12 aromatic carbocycles. The van der Waals surface area contributed by atoms with Crippen molar-refractivity contribution in [2.45, 2.75) is 56.8 Å². The van der Waals surface area contributed by atoms with Crippen molar-refractivity contribution in [3.63, 3.8) is 0 Å². The van der Waals surface area contributed by atoms with E-state index in [2.05, 4.69) is 202 Å². The second-order valence-corrected chi connectivity index (χ2v) is 23.8. The highest BCUT2D eigenvalue weighted by Crippen LogP contribution is 2.70. The van der Waals surface area contributed by atoms with Crippen molar-refractivity contribution in [2.75, 3.05) is 0 Å². The first-order valence-electron chi connectivity index (χ1n) is 27.5. The predicted octanol–water partition coefficient (Wildman–Crippen LogP) is 18.4. The molecule has 13 aromatic rings. The number of hydrogen-bond donors (Lipinski definition) is 0. The van der Waals surface area contributed by atoms with Crippen LogP contribution in [0, 0.1) is 23.7 Å². The summed E-state index contributed by atoms with van der Waals surface area (Å²) in [7, 11) is 0. The van der Waals surface area contributed by atoms with E-state index in [0.717, 1.165) is 39.3 Å². The summed E-state index contributed by atoms with van der Waals surface area (Å²) in [5.74, 6) is 5.07. The van der Waals surface area contributed by atoms with Gasteiger partial charge in [-0.05, 0) is 206 Å². The van der Waals surface area contributed by atoms with E-state index in [4.69, 9.17) is 15.0 Å². The molecule has 0 atom stereocenters. The van der Waals surface area contributed by atoms with E-state index < -0.39 is 0 Å². The molecule has 4 fully saturated rings. The van der Waals surface area contributed by atoms with Crippen molar-refractivity contribution in [2.24, 2.45) is 23.7 Å². The number of fused-ring (bicyclic) bond motifs is 6. The molecule has 1 heterocycles. The van der Waals surface area contributed by atoms with Crippen molar-refractivity contribution in [1.82, 2.24) is 15.0 Å². The molecule has 0 N–H and O–H groups in total. The monoisotopic (exact) mass is 957 g/mol. The summed E-state index contributed by atoms with van der Waals surface area (Å²) in [6, 6.07) is 71.7. The maximum atomic E-state index is 5.80. The first-order chi connectivity index (χ1) is 36.9. The third-order valence-electron chi connectivity index (χ3n) is 20.0. The highest BCUT2D eigenvalue weighted by molar-refractivity contribution is 6.26. The molecule has 4 saturated carbocycles. The second-order valence-electron chi connectivity index (χ2n) is 23.8. The van der Waals surface area contributed by atoms with Gasteiger partial charge >= 0.3 is 0 Å². The minimum absolute atomic E-state index is 0.00317. The van der Waals surface area contributed by atoms with Gasteiger partial charge in [0.2, 0.25) is 0 Å². The Morgan fingerprint density at radius 2 is 0.773 bits per heavy atom. The summed E-state index contributed by atoms with van der Waals surface area (Å²) in [6.45, 7) is 4.77. The van der Waals surface area contributed by atoms with Crippen molar-refractivity contribution in [3.8, 4) is 67.5 Å². The maximum absolute atomic E-state index is 5.80. The Morgan fingerprint density at radius 1 is 0.320 bits per heavy atom. The highest BCUT2D eigenvalue weighted by Gasteiger charge is 2.61. The Kier molecular flexibility index (Phi) is 7.85. The molecule has 1 spiro atoms. The van der Waals surface area contributed by atoms with Crippen molar-refractivity contribution in [3.05, 3.63) is 210 Å². The van der Waals surface area contributed by atoms with Crippen LogP contribution in [0.25, 0.3) is 132 Å². The SMILES string of the molecule is CC1(C)c2ccccc2-c2cc(-c3cc4c(cc3-c3nc(-c5ccc6ccc7cccc8ccc5c6c78)nc(-c5ccc6ccc7cccc8ccc5c6c78)n3)-c3ccccc3C43C4CC5CC(C4)CC3C5)ccc21. The molecule has 3 heteroatoms. The molecule has 354 valence electrons. The summed E-state index contributed by atoms with van der Waals surface area (Å²) in [4.78, 5) is 17.3. The van der Waals surface area contributed by atoms with Gasteiger partial charge in [0.15, 0.2) is 17.5 Å². The fourth-order valence-electron chi connectivity index (χ4n) is 17.1. The molecule has 19 rings (SSSR count). The van der Waals surface area contributed by atoms with E-state index in [1.54, 1.807) is 5.56 Å². The first kappa shape index (κ1) is 41.1. The summed E-state index contributed by atoms with van der Waals surface area (Å²) in [5, 5.41) is 14.8. The van der Waals surface area contributed by atoms with E-state index in [-0.39, 0.29) is 10.8 Å². The summed E-state index contributed by atoms with van der Waals surface area (Å²) < 4.78 is 0. The minimum Gasteiger partial charge on any atom is -0.208 e.